The maximum atomic E-state index is 15.8. The van der Waals surface area contributed by atoms with Crippen molar-refractivity contribution in [2.75, 3.05) is 41.7 Å². The summed E-state index contributed by atoms with van der Waals surface area (Å²) in [5.41, 5.74) is 1.04. The van der Waals surface area contributed by atoms with Crippen LogP contribution >= 0.6 is 0 Å². The molecule has 312 valence electrons. The molecule has 8 rings (SSSR count). The van der Waals surface area contributed by atoms with Crippen molar-refractivity contribution in [2.45, 2.75) is 51.1 Å². The molecule has 0 spiro atoms. The van der Waals surface area contributed by atoms with Crippen molar-refractivity contribution in [2.24, 2.45) is 0 Å². The number of fused-ring (bicyclic) bond motifs is 1. The van der Waals surface area contributed by atoms with Crippen molar-refractivity contribution >= 4 is 40.8 Å². The third kappa shape index (κ3) is 8.11. The number of carbonyl (C=O) groups excluding carboxylic acids is 4. The molecule has 3 aliphatic rings. The lowest BCUT2D eigenvalue weighted by molar-refractivity contribution is -0.136. The average Bonchev–Trinajstić information content (AvgIpc) is 3.98. The summed E-state index contributed by atoms with van der Waals surface area (Å²) in [4.78, 5) is 63.4. The Kier molecular flexibility index (Phi) is 11.0. The number of piperidine rings is 1. The Morgan fingerprint density at radius 3 is 2.43 bits per heavy atom. The Morgan fingerprint density at radius 1 is 0.967 bits per heavy atom. The number of oxazole rings is 1. The van der Waals surface area contributed by atoms with E-state index in [-0.39, 0.29) is 59.2 Å². The summed E-state index contributed by atoms with van der Waals surface area (Å²) >= 11 is 0. The van der Waals surface area contributed by atoms with E-state index >= 15 is 4.39 Å². The van der Waals surface area contributed by atoms with Gasteiger partial charge in [0.1, 0.15) is 23.9 Å². The minimum absolute atomic E-state index is 0.0549. The minimum Gasteiger partial charge on any atom is -0.444 e. The van der Waals surface area contributed by atoms with Crippen LogP contribution in [0.5, 0.6) is 0 Å². The normalized spacial score (nSPS) is 17.7. The lowest BCUT2D eigenvalue weighted by Gasteiger charge is -2.36. The van der Waals surface area contributed by atoms with Crippen LogP contribution in [-0.2, 0) is 22.7 Å². The number of amides is 4. The first-order chi connectivity index (χ1) is 28.8. The van der Waals surface area contributed by atoms with E-state index < -0.39 is 60.3 Å². The van der Waals surface area contributed by atoms with Crippen molar-refractivity contribution in [3.05, 3.63) is 101 Å². The van der Waals surface area contributed by atoms with Crippen LogP contribution in [0.4, 0.5) is 43.5 Å². The average molecular weight is 837 g/mol. The number of pyridine rings is 1. The molecular weight excluding hydrogens is 802 g/mol. The quantitative estimate of drug-likeness (QED) is 0.0846. The first-order valence-electron chi connectivity index (χ1n) is 18.7. The zero-order valence-electron chi connectivity index (χ0n) is 31.3. The first kappa shape index (κ1) is 40.0. The molecule has 21 heteroatoms. The standard InChI is InChI=1S/C39H34F6N10O5/c40-31-21(1-6-24-25(31)17-54(39(24)59)28-7-8-30(56)50-37(28)58)16-52-11-13-53(14-12-52)22-2-4-23(5-3-22)55-18-26(32(51-55)33(41)42)47-36(57)27-19-60-38(48-27)20-9-10-46-29(15-20)49-35(45)34(43)44/h1-6,9-10,15,18-19,28,33-35H,7-8,11-14,16-17H2,(H,46,49)(H,47,57)(H,50,56,58). The molecule has 15 nitrogen and oxygen atoms in total. The summed E-state index contributed by atoms with van der Waals surface area (Å²) in [5.74, 6) is -3.17. The van der Waals surface area contributed by atoms with Gasteiger partial charge in [-0.2, -0.15) is 5.10 Å². The van der Waals surface area contributed by atoms with Crippen molar-refractivity contribution in [3.63, 3.8) is 0 Å². The van der Waals surface area contributed by atoms with Crippen LogP contribution in [0.25, 0.3) is 17.1 Å². The van der Waals surface area contributed by atoms with Crippen LogP contribution in [0.1, 0.15) is 56.9 Å². The van der Waals surface area contributed by atoms with Crippen molar-refractivity contribution < 1.29 is 49.9 Å². The molecule has 2 saturated heterocycles. The van der Waals surface area contributed by atoms with Crippen LogP contribution in [0, 0.1) is 5.82 Å². The molecule has 0 aliphatic carbocycles. The van der Waals surface area contributed by atoms with E-state index in [0.717, 1.165) is 12.0 Å². The lowest BCUT2D eigenvalue weighted by atomic mass is 10.0. The monoisotopic (exact) mass is 836 g/mol. The zero-order valence-corrected chi connectivity index (χ0v) is 31.3. The number of anilines is 3. The fraction of sp³-hybridized carbons (Fsp3) is 0.308. The third-order valence-corrected chi connectivity index (χ3v) is 10.4. The molecular formula is C39H34F6N10O5. The maximum absolute atomic E-state index is 15.8. The highest BCUT2D eigenvalue weighted by Crippen LogP contribution is 2.32. The molecule has 4 amide bonds. The zero-order chi connectivity index (χ0) is 42.2. The van der Waals surface area contributed by atoms with Crippen LogP contribution in [0.15, 0.2) is 71.6 Å². The van der Waals surface area contributed by atoms with Gasteiger partial charge in [-0.05, 0) is 48.9 Å². The maximum Gasteiger partial charge on any atom is 0.287 e. The van der Waals surface area contributed by atoms with E-state index in [0.29, 0.717) is 44.0 Å². The number of nitrogens with one attached hydrogen (secondary N) is 3. The van der Waals surface area contributed by atoms with E-state index in [9.17, 15) is 41.1 Å². The molecule has 2 atom stereocenters. The van der Waals surface area contributed by atoms with E-state index in [1.165, 1.54) is 34.1 Å². The number of alkyl halides is 5. The second-order valence-corrected chi connectivity index (χ2v) is 14.2. The minimum atomic E-state index is -3.30. The first-order valence-corrected chi connectivity index (χ1v) is 18.7. The molecule has 3 aromatic heterocycles. The topological polar surface area (TPSA) is 171 Å². The van der Waals surface area contributed by atoms with Crippen molar-refractivity contribution in [3.8, 4) is 17.1 Å². The van der Waals surface area contributed by atoms with Gasteiger partial charge in [0.05, 0.1) is 24.1 Å². The number of nitrogens with zero attached hydrogens (tertiary/aromatic N) is 7. The third-order valence-electron chi connectivity index (χ3n) is 10.4. The molecule has 3 N–H and O–H groups in total. The summed E-state index contributed by atoms with van der Waals surface area (Å²) in [7, 11) is 0. The van der Waals surface area contributed by atoms with Gasteiger partial charge in [0, 0.05) is 73.3 Å². The second-order valence-electron chi connectivity index (χ2n) is 14.2. The molecule has 6 heterocycles. The van der Waals surface area contributed by atoms with E-state index in [4.69, 9.17) is 4.42 Å². The largest absolute Gasteiger partial charge is 0.444 e. The number of rotatable bonds is 12. The summed E-state index contributed by atoms with van der Waals surface area (Å²) in [6.45, 7) is 2.63. The molecule has 0 bridgehead atoms. The molecule has 0 saturated carbocycles. The molecule has 2 unspecified atom stereocenters. The highest BCUT2D eigenvalue weighted by Gasteiger charge is 2.40. The van der Waals surface area contributed by atoms with Gasteiger partial charge in [-0.25, -0.2) is 41.0 Å². The van der Waals surface area contributed by atoms with Gasteiger partial charge < -0.3 is 24.9 Å². The lowest BCUT2D eigenvalue weighted by Crippen LogP contribution is -2.52. The highest BCUT2D eigenvalue weighted by molar-refractivity contribution is 6.05. The summed E-state index contributed by atoms with van der Waals surface area (Å²) < 4.78 is 89.1. The van der Waals surface area contributed by atoms with Crippen molar-refractivity contribution in [1.29, 1.82) is 0 Å². The van der Waals surface area contributed by atoms with E-state index in [1.54, 1.807) is 36.4 Å². The van der Waals surface area contributed by atoms with Gasteiger partial charge in [0.15, 0.2) is 11.4 Å². The number of hydrogen-bond donors (Lipinski definition) is 3. The van der Waals surface area contributed by atoms with Crippen LogP contribution < -0.4 is 20.9 Å². The van der Waals surface area contributed by atoms with Gasteiger partial charge in [-0.3, -0.25) is 29.4 Å². The SMILES string of the molecule is O=C1CCC(N2Cc3c(ccc(CN4CCN(c5ccc(-n6cc(NC(=O)c7coc(-c8ccnc(NC(F)C(F)F)c8)n7)c(C(F)F)n6)cc5)CC4)c3F)C2=O)C(=O)N1. The summed E-state index contributed by atoms with van der Waals surface area (Å²) in [6, 6.07) is 11.9. The van der Waals surface area contributed by atoms with Crippen molar-refractivity contribution in [1.82, 2.24) is 34.9 Å². The van der Waals surface area contributed by atoms with Crippen LogP contribution in [-0.4, -0.2) is 98.1 Å². The van der Waals surface area contributed by atoms with Gasteiger partial charge in [-0.1, -0.05) is 6.07 Å². The molecule has 2 fully saturated rings. The Hall–Kier alpha value is -6.77. The van der Waals surface area contributed by atoms with Crippen LogP contribution in [0.3, 0.4) is 0 Å². The summed E-state index contributed by atoms with van der Waals surface area (Å²) in [5, 5.41) is 10.5. The number of benzene rings is 2. The van der Waals surface area contributed by atoms with E-state index in [1.807, 2.05) is 5.32 Å². The van der Waals surface area contributed by atoms with Gasteiger partial charge in [0.25, 0.3) is 24.7 Å². The Balaban J connectivity index is 0.874. The molecule has 60 heavy (non-hydrogen) atoms. The van der Waals surface area contributed by atoms with E-state index in [2.05, 4.69) is 35.5 Å². The van der Waals surface area contributed by atoms with Gasteiger partial charge in [-0.15, -0.1) is 0 Å². The molecule has 5 aromatic rings. The highest BCUT2D eigenvalue weighted by atomic mass is 19.3. The number of piperazine rings is 1. The predicted octanol–water partition coefficient (Wildman–Crippen LogP) is 5.31. The number of carbonyl (C=O) groups is 4. The summed E-state index contributed by atoms with van der Waals surface area (Å²) in [6.07, 6.45) is -5.36. The van der Waals surface area contributed by atoms with Gasteiger partial charge >= 0.3 is 0 Å². The number of halogens is 6. The Bertz CT molecular complexity index is 2450. The fourth-order valence-electron chi connectivity index (χ4n) is 7.32. The smallest absolute Gasteiger partial charge is 0.287 e. The fourth-order valence-corrected chi connectivity index (χ4v) is 7.32. The number of hydrogen-bond acceptors (Lipinski definition) is 11. The molecule has 0 radical (unpaired) electrons. The molecule has 2 aromatic carbocycles. The Labute approximate surface area is 336 Å². The van der Waals surface area contributed by atoms with Gasteiger partial charge in [0.2, 0.25) is 24.0 Å². The van der Waals surface area contributed by atoms with Crippen LogP contribution in [0.2, 0.25) is 0 Å². The number of imide groups is 1. The Morgan fingerprint density at radius 2 is 1.72 bits per heavy atom. The molecule has 3 aliphatic heterocycles. The second kappa shape index (κ2) is 16.5. The predicted molar refractivity (Wildman–Crippen MR) is 201 cm³/mol. The number of aromatic nitrogens is 4.